The molecule has 77 valence electrons. The molecule has 1 rings (SSSR count). The van der Waals surface area contributed by atoms with Crippen LogP contribution >= 0.6 is 15.9 Å². The van der Waals surface area contributed by atoms with Gasteiger partial charge in [0.05, 0.1) is 6.61 Å². The number of benzene rings is 1. The summed E-state index contributed by atoms with van der Waals surface area (Å²) < 4.78 is 6.32. The van der Waals surface area contributed by atoms with Gasteiger partial charge in [0.25, 0.3) is 0 Å². The van der Waals surface area contributed by atoms with Gasteiger partial charge in [-0.2, -0.15) is 0 Å². The summed E-state index contributed by atoms with van der Waals surface area (Å²) >= 11 is 3.42. The maximum Gasteiger partial charge on any atom is 0.119 e. The van der Waals surface area contributed by atoms with Crippen LogP contribution in [0.1, 0.15) is 18.4 Å². The first-order valence-electron chi connectivity index (χ1n) is 4.55. The molecule has 0 aliphatic rings. The predicted octanol–water partition coefficient (Wildman–Crippen LogP) is 2.76. The average Bonchev–Trinajstić information content (AvgIpc) is 2.20. The van der Waals surface area contributed by atoms with Crippen LogP contribution in [0.3, 0.4) is 0 Å². The minimum Gasteiger partial charge on any atom is -0.494 e. The molecule has 0 fully saturated rings. The Balaban J connectivity index is 2.95. The van der Waals surface area contributed by atoms with Gasteiger partial charge in [0, 0.05) is 17.0 Å². The van der Waals surface area contributed by atoms with Gasteiger partial charge in [0.15, 0.2) is 0 Å². The van der Waals surface area contributed by atoms with Gasteiger partial charge in [-0.25, -0.2) is 0 Å². The zero-order chi connectivity index (χ0) is 10.6. The fraction of sp³-hybridized carbons (Fsp3) is 0.364. The van der Waals surface area contributed by atoms with Gasteiger partial charge in [-0.3, -0.25) is 0 Å². The van der Waals surface area contributed by atoms with Crippen LogP contribution < -0.4 is 4.74 Å². The van der Waals surface area contributed by atoms with Crippen molar-refractivity contribution in [3.05, 3.63) is 35.2 Å². The molecule has 0 saturated heterocycles. The summed E-state index contributed by atoms with van der Waals surface area (Å²) in [6.45, 7) is 6.47. The predicted molar refractivity (Wildman–Crippen MR) is 60.5 cm³/mol. The maximum atomic E-state index is 9.01. The zero-order valence-electron chi connectivity index (χ0n) is 8.16. The number of hydrogen-bond donors (Lipinski definition) is 1. The summed E-state index contributed by atoms with van der Waals surface area (Å²) in [7, 11) is 0. The largest absolute Gasteiger partial charge is 0.494 e. The highest BCUT2D eigenvalue weighted by atomic mass is 79.9. The zero-order valence-corrected chi connectivity index (χ0v) is 9.75. The molecule has 2 nitrogen and oxygen atoms in total. The fourth-order valence-electron chi connectivity index (χ4n) is 1.19. The molecule has 1 radical (unpaired) electrons. The smallest absolute Gasteiger partial charge is 0.119 e. The van der Waals surface area contributed by atoms with Crippen molar-refractivity contribution in [2.45, 2.75) is 12.8 Å². The van der Waals surface area contributed by atoms with Crippen LogP contribution in [0.15, 0.2) is 22.7 Å². The van der Waals surface area contributed by atoms with Crippen LogP contribution in [0.2, 0.25) is 0 Å². The summed E-state index contributed by atoms with van der Waals surface area (Å²) in [5.74, 6) is 0.692. The molecule has 0 amide bonds. The second kappa shape index (κ2) is 5.37. The van der Waals surface area contributed by atoms with E-state index in [-0.39, 0.29) is 12.5 Å². The van der Waals surface area contributed by atoms with Crippen molar-refractivity contribution in [3.63, 3.8) is 0 Å². The average molecular weight is 258 g/mol. The Hall–Kier alpha value is -0.540. The van der Waals surface area contributed by atoms with E-state index in [4.69, 9.17) is 9.84 Å². The van der Waals surface area contributed by atoms with Crippen LogP contribution in [0.25, 0.3) is 0 Å². The normalized spacial score (nSPS) is 12.6. The number of halogens is 1. The minimum atomic E-state index is -0.121. The first-order chi connectivity index (χ1) is 6.69. The second-order valence-electron chi connectivity index (χ2n) is 3.00. The maximum absolute atomic E-state index is 9.01. The van der Waals surface area contributed by atoms with Crippen LogP contribution in [-0.2, 0) is 0 Å². The van der Waals surface area contributed by atoms with Gasteiger partial charge in [-0.15, -0.1) is 0 Å². The molecule has 1 aromatic rings. The van der Waals surface area contributed by atoms with E-state index < -0.39 is 0 Å². The summed E-state index contributed by atoms with van der Waals surface area (Å²) in [5, 5.41) is 9.01. The number of rotatable bonds is 4. The first-order valence-corrected chi connectivity index (χ1v) is 5.34. The third-order valence-corrected chi connectivity index (χ3v) is 2.66. The lowest BCUT2D eigenvalue weighted by atomic mass is 10.0. The molecule has 1 aromatic carbocycles. The Labute approximate surface area is 93.0 Å². The van der Waals surface area contributed by atoms with Crippen LogP contribution in [0.5, 0.6) is 5.75 Å². The Bertz CT molecular complexity index is 299. The van der Waals surface area contributed by atoms with E-state index in [1.54, 1.807) is 0 Å². The molecule has 0 heterocycles. The quantitative estimate of drug-likeness (QED) is 0.899. The first kappa shape index (κ1) is 11.5. The van der Waals surface area contributed by atoms with Crippen molar-refractivity contribution in [3.8, 4) is 5.75 Å². The Morgan fingerprint density at radius 2 is 2.29 bits per heavy atom. The molecule has 0 saturated carbocycles. The van der Waals surface area contributed by atoms with Crippen molar-refractivity contribution in [1.82, 2.24) is 0 Å². The highest BCUT2D eigenvalue weighted by Gasteiger charge is 2.09. The summed E-state index contributed by atoms with van der Waals surface area (Å²) in [4.78, 5) is 0. The summed E-state index contributed by atoms with van der Waals surface area (Å²) in [5.41, 5.74) is 0.971. The van der Waals surface area contributed by atoms with Gasteiger partial charge in [-0.05, 0) is 37.6 Å². The van der Waals surface area contributed by atoms with E-state index in [0.717, 1.165) is 15.8 Å². The van der Waals surface area contributed by atoms with Crippen LogP contribution in [0, 0.1) is 6.92 Å². The van der Waals surface area contributed by atoms with E-state index in [0.29, 0.717) is 6.61 Å². The molecule has 1 atom stereocenters. The molecule has 0 aliphatic heterocycles. The molecule has 1 N–H and O–H groups in total. The molecule has 1 unspecified atom stereocenters. The third kappa shape index (κ3) is 2.72. The van der Waals surface area contributed by atoms with Gasteiger partial charge >= 0.3 is 0 Å². The molecule has 0 bridgehead atoms. The summed E-state index contributed by atoms with van der Waals surface area (Å²) in [6, 6.07) is 5.71. The molecule has 3 heteroatoms. The molecular formula is C11H14BrO2. The number of aliphatic hydroxyl groups excluding tert-OH is 1. The van der Waals surface area contributed by atoms with Crippen molar-refractivity contribution in [2.75, 3.05) is 13.2 Å². The van der Waals surface area contributed by atoms with Gasteiger partial charge in [0.2, 0.25) is 0 Å². The van der Waals surface area contributed by atoms with Crippen molar-refractivity contribution in [2.24, 2.45) is 0 Å². The molecular weight excluding hydrogens is 244 g/mol. The van der Waals surface area contributed by atoms with Gasteiger partial charge < -0.3 is 9.84 Å². The van der Waals surface area contributed by atoms with E-state index in [1.807, 2.05) is 25.1 Å². The number of ether oxygens (including phenoxy) is 1. The topological polar surface area (TPSA) is 29.5 Å². The van der Waals surface area contributed by atoms with Crippen LogP contribution in [0.4, 0.5) is 0 Å². The van der Waals surface area contributed by atoms with Crippen molar-refractivity contribution >= 4 is 15.9 Å². The monoisotopic (exact) mass is 257 g/mol. The fourth-order valence-corrected chi connectivity index (χ4v) is 1.76. The highest BCUT2D eigenvalue weighted by molar-refractivity contribution is 9.10. The lowest BCUT2D eigenvalue weighted by Gasteiger charge is -2.12. The molecule has 0 aromatic heterocycles. The number of aliphatic hydroxyl groups is 1. The van der Waals surface area contributed by atoms with Crippen molar-refractivity contribution < 1.29 is 9.84 Å². The van der Waals surface area contributed by atoms with Gasteiger partial charge in [0.1, 0.15) is 5.75 Å². The number of hydrogen-bond acceptors (Lipinski definition) is 2. The van der Waals surface area contributed by atoms with Gasteiger partial charge in [-0.1, -0.05) is 15.9 Å². The van der Waals surface area contributed by atoms with E-state index in [9.17, 15) is 0 Å². The Morgan fingerprint density at radius 1 is 1.57 bits per heavy atom. The Kier molecular flexibility index (Phi) is 4.42. The van der Waals surface area contributed by atoms with E-state index >= 15 is 0 Å². The Morgan fingerprint density at radius 3 is 2.86 bits per heavy atom. The SMILES string of the molecule is [CH2]C(CO)c1cc(OCC)ccc1Br. The lowest BCUT2D eigenvalue weighted by molar-refractivity contribution is 0.281. The molecule has 0 aliphatic carbocycles. The third-order valence-electron chi connectivity index (χ3n) is 1.94. The van der Waals surface area contributed by atoms with E-state index in [2.05, 4.69) is 22.9 Å². The summed E-state index contributed by atoms with van der Waals surface area (Å²) in [6.07, 6.45) is 0. The minimum absolute atomic E-state index is 0.0359. The molecule has 0 spiro atoms. The second-order valence-corrected chi connectivity index (χ2v) is 3.85. The molecule has 14 heavy (non-hydrogen) atoms. The van der Waals surface area contributed by atoms with Crippen LogP contribution in [-0.4, -0.2) is 18.3 Å². The van der Waals surface area contributed by atoms with E-state index in [1.165, 1.54) is 0 Å². The highest BCUT2D eigenvalue weighted by Crippen LogP contribution is 2.28. The standard InChI is InChI=1S/C11H14BrO2/c1-3-14-9-4-5-11(12)10(6-9)8(2)7-13/h4-6,8,13H,2-3,7H2,1H3. The lowest BCUT2D eigenvalue weighted by Crippen LogP contribution is -2.01. The van der Waals surface area contributed by atoms with Crippen molar-refractivity contribution in [1.29, 1.82) is 0 Å².